The predicted octanol–water partition coefficient (Wildman–Crippen LogP) is -2.49. The summed E-state index contributed by atoms with van der Waals surface area (Å²) in [5, 5.41) is 48.8. The van der Waals surface area contributed by atoms with E-state index in [4.69, 9.17) is 10.8 Å². The summed E-state index contributed by atoms with van der Waals surface area (Å²) < 4.78 is 0. The van der Waals surface area contributed by atoms with Gasteiger partial charge in [-0.05, 0) is 12.1 Å². The van der Waals surface area contributed by atoms with Crippen molar-refractivity contribution in [3.63, 3.8) is 0 Å². The number of hydrogen-bond acceptors (Lipinski definition) is 5. The van der Waals surface area contributed by atoms with E-state index in [1.54, 1.807) is 30.3 Å². The number of carbonyl (C=O) groups excluding carboxylic acids is 1. The molecule has 1 aromatic carbocycles. The molecular formula is C15H19N7O3. The normalized spacial score (nSPS) is 32.2. The van der Waals surface area contributed by atoms with Crippen LogP contribution in [0.4, 0.5) is 0 Å². The van der Waals surface area contributed by atoms with Crippen LogP contribution in [-0.4, -0.2) is 69.6 Å². The molecule has 3 fully saturated rings. The highest BCUT2D eigenvalue weighted by molar-refractivity contribution is 5.94. The third-order valence-electron chi connectivity index (χ3n) is 5.06. The van der Waals surface area contributed by atoms with Crippen LogP contribution in [0, 0.1) is 10.8 Å². The van der Waals surface area contributed by atoms with Crippen molar-refractivity contribution in [1.82, 2.24) is 26.2 Å². The molecule has 3 aliphatic heterocycles. The minimum absolute atomic E-state index is 0.00388. The van der Waals surface area contributed by atoms with Crippen molar-refractivity contribution >= 4 is 17.8 Å². The first kappa shape index (κ1) is 15.7. The van der Waals surface area contributed by atoms with E-state index < -0.39 is 29.4 Å². The lowest BCUT2D eigenvalue weighted by Crippen LogP contribution is -2.78. The van der Waals surface area contributed by atoms with Crippen LogP contribution in [0.5, 0.6) is 0 Å². The van der Waals surface area contributed by atoms with Crippen LogP contribution in [0.2, 0.25) is 0 Å². The fraction of sp³-hybridized carbons (Fsp3) is 0.400. The number of carbonyl (C=O) groups is 1. The Bertz CT molecular complexity index is 753. The van der Waals surface area contributed by atoms with E-state index in [1.165, 1.54) is 4.90 Å². The molecule has 1 aromatic rings. The summed E-state index contributed by atoms with van der Waals surface area (Å²) in [4.78, 5) is 13.9. The lowest BCUT2D eigenvalue weighted by atomic mass is 9.89. The van der Waals surface area contributed by atoms with Gasteiger partial charge in [-0.3, -0.25) is 15.6 Å². The van der Waals surface area contributed by atoms with E-state index in [9.17, 15) is 15.0 Å². The van der Waals surface area contributed by atoms with Gasteiger partial charge in [0.25, 0.3) is 5.91 Å². The minimum atomic E-state index is -2.40. The Morgan fingerprint density at radius 2 is 2.00 bits per heavy atom. The van der Waals surface area contributed by atoms with Gasteiger partial charge in [0.05, 0.1) is 6.04 Å². The molecule has 0 aliphatic carbocycles. The Morgan fingerprint density at radius 3 is 2.72 bits per heavy atom. The van der Waals surface area contributed by atoms with E-state index in [-0.39, 0.29) is 25.0 Å². The second kappa shape index (κ2) is 5.07. The topological polar surface area (TPSA) is 157 Å². The molecule has 3 saturated heterocycles. The standard InChI is InChI=1S/C15H19N7O3/c16-12-20-9-6-18-13(17)22-7-10(15(24,25)14(9,22)21-12)19-11(23)8-4-2-1-3-5-8/h1-5,9-10,24-25H,6-7H2,(H2,17,18)(H,19,23)(H3,16,20,21)/t9?,10-,14?/m0/s1. The second-order valence-electron chi connectivity index (χ2n) is 6.42. The molecule has 1 spiro atoms. The number of amides is 1. The first-order valence-corrected chi connectivity index (χ1v) is 7.90. The van der Waals surface area contributed by atoms with Crippen molar-refractivity contribution in [3.8, 4) is 0 Å². The molecule has 4 rings (SSSR count). The third kappa shape index (κ3) is 2.01. The molecule has 0 aromatic heterocycles. The highest BCUT2D eigenvalue weighted by Gasteiger charge is 2.72. The summed E-state index contributed by atoms with van der Waals surface area (Å²) in [7, 11) is 0. The molecule has 0 bridgehead atoms. The number of rotatable bonds is 2. The fourth-order valence-electron chi connectivity index (χ4n) is 3.85. The van der Waals surface area contributed by atoms with E-state index in [1.807, 2.05) is 0 Å². The van der Waals surface area contributed by atoms with Gasteiger partial charge in [0.1, 0.15) is 6.04 Å². The van der Waals surface area contributed by atoms with Crippen molar-refractivity contribution < 1.29 is 15.0 Å². The van der Waals surface area contributed by atoms with Crippen molar-refractivity contribution in [3.05, 3.63) is 35.9 Å². The zero-order valence-corrected chi connectivity index (χ0v) is 13.2. The highest BCUT2D eigenvalue weighted by Crippen LogP contribution is 2.41. The van der Waals surface area contributed by atoms with Crippen LogP contribution in [-0.2, 0) is 0 Å². The van der Waals surface area contributed by atoms with Crippen LogP contribution in [0.25, 0.3) is 0 Å². The average molecular weight is 345 g/mol. The Morgan fingerprint density at radius 1 is 1.28 bits per heavy atom. The zero-order chi connectivity index (χ0) is 17.8. The molecule has 10 nitrogen and oxygen atoms in total. The molecule has 8 N–H and O–H groups in total. The van der Waals surface area contributed by atoms with Crippen molar-refractivity contribution in [2.75, 3.05) is 13.1 Å². The molecule has 0 saturated carbocycles. The number of guanidine groups is 2. The summed E-state index contributed by atoms with van der Waals surface area (Å²) in [5.41, 5.74) is -1.10. The van der Waals surface area contributed by atoms with Gasteiger partial charge in [-0.15, -0.1) is 0 Å². The Balaban J connectivity index is 1.67. The van der Waals surface area contributed by atoms with Crippen molar-refractivity contribution in [2.45, 2.75) is 23.5 Å². The monoisotopic (exact) mass is 345 g/mol. The van der Waals surface area contributed by atoms with Gasteiger partial charge < -0.3 is 36.4 Å². The molecule has 0 radical (unpaired) electrons. The average Bonchev–Trinajstić information content (AvgIpc) is 3.04. The molecular weight excluding hydrogens is 326 g/mol. The van der Waals surface area contributed by atoms with E-state index in [0.717, 1.165) is 0 Å². The van der Waals surface area contributed by atoms with Crippen molar-refractivity contribution in [2.24, 2.45) is 0 Å². The van der Waals surface area contributed by atoms with Crippen LogP contribution in [0.15, 0.2) is 30.3 Å². The first-order valence-electron chi connectivity index (χ1n) is 7.90. The number of aliphatic hydroxyl groups is 2. The summed E-state index contributed by atoms with van der Waals surface area (Å²) in [6.07, 6.45) is 0. The Kier molecular flexibility index (Phi) is 3.18. The summed E-state index contributed by atoms with van der Waals surface area (Å²) in [5.74, 6) is -2.89. The van der Waals surface area contributed by atoms with Gasteiger partial charge in [0.2, 0.25) is 5.79 Å². The second-order valence-corrected chi connectivity index (χ2v) is 6.42. The number of nitrogens with one attached hydrogen (secondary N) is 6. The maximum absolute atomic E-state index is 12.4. The lowest BCUT2D eigenvalue weighted by molar-refractivity contribution is -0.229. The SMILES string of the molecule is N=C1NC2CNC(=N)N3C[C@H](NC(=O)c4ccccc4)C(O)(O)C23N1. The minimum Gasteiger partial charge on any atom is -0.361 e. The summed E-state index contributed by atoms with van der Waals surface area (Å²) in [6, 6.07) is 6.87. The largest absolute Gasteiger partial charge is 0.361 e. The van der Waals surface area contributed by atoms with Crippen LogP contribution >= 0.6 is 0 Å². The van der Waals surface area contributed by atoms with Gasteiger partial charge in [0.15, 0.2) is 17.6 Å². The van der Waals surface area contributed by atoms with Crippen LogP contribution in [0.1, 0.15) is 10.4 Å². The van der Waals surface area contributed by atoms with Gasteiger partial charge in [-0.1, -0.05) is 18.2 Å². The van der Waals surface area contributed by atoms with Crippen LogP contribution < -0.4 is 21.3 Å². The first-order chi connectivity index (χ1) is 11.9. The van der Waals surface area contributed by atoms with Crippen molar-refractivity contribution in [1.29, 1.82) is 10.8 Å². The molecule has 3 aliphatic rings. The fourth-order valence-corrected chi connectivity index (χ4v) is 3.85. The molecule has 25 heavy (non-hydrogen) atoms. The van der Waals surface area contributed by atoms with Gasteiger partial charge in [0, 0.05) is 18.7 Å². The molecule has 10 heteroatoms. The molecule has 3 atom stereocenters. The molecule has 2 unspecified atom stereocenters. The molecule has 3 heterocycles. The number of nitrogens with zero attached hydrogens (tertiary/aromatic N) is 1. The Labute approximate surface area is 143 Å². The van der Waals surface area contributed by atoms with Gasteiger partial charge >= 0.3 is 0 Å². The summed E-state index contributed by atoms with van der Waals surface area (Å²) >= 11 is 0. The maximum Gasteiger partial charge on any atom is 0.251 e. The van der Waals surface area contributed by atoms with E-state index in [2.05, 4.69) is 21.3 Å². The predicted molar refractivity (Wildman–Crippen MR) is 87.8 cm³/mol. The van der Waals surface area contributed by atoms with Crippen LogP contribution in [0.3, 0.4) is 0 Å². The molecule has 1 amide bonds. The maximum atomic E-state index is 12.4. The summed E-state index contributed by atoms with van der Waals surface area (Å²) in [6.45, 7) is 0.253. The smallest absolute Gasteiger partial charge is 0.251 e. The highest BCUT2D eigenvalue weighted by atomic mass is 16.5. The lowest BCUT2D eigenvalue weighted by Gasteiger charge is -2.48. The molecule has 132 valence electrons. The quantitative estimate of drug-likeness (QED) is 0.276. The number of benzene rings is 1. The zero-order valence-electron chi connectivity index (χ0n) is 13.2. The third-order valence-corrected chi connectivity index (χ3v) is 5.06. The van der Waals surface area contributed by atoms with E-state index in [0.29, 0.717) is 5.56 Å². The Hall–Kier alpha value is -2.85. The van der Waals surface area contributed by atoms with Gasteiger partial charge in [-0.25, -0.2) is 0 Å². The van der Waals surface area contributed by atoms with Gasteiger partial charge in [-0.2, -0.15) is 0 Å². The van der Waals surface area contributed by atoms with E-state index >= 15 is 0 Å². The number of hydrogen-bond donors (Lipinski definition) is 8.